The van der Waals surface area contributed by atoms with Crippen molar-refractivity contribution in [3.63, 3.8) is 0 Å². The number of sulfone groups is 1. The third kappa shape index (κ3) is 4.95. The fraction of sp³-hybridized carbons (Fsp3) is 0.208. The highest BCUT2D eigenvalue weighted by Crippen LogP contribution is 2.33. The van der Waals surface area contributed by atoms with Crippen LogP contribution in [0.1, 0.15) is 35.3 Å². The van der Waals surface area contributed by atoms with Gasteiger partial charge in [-0.25, -0.2) is 18.1 Å². The first-order valence-electron chi connectivity index (χ1n) is 10.9. The van der Waals surface area contributed by atoms with Crippen LogP contribution in [0.15, 0.2) is 57.4 Å². The van der Waals surface area contributed by atoms with Crippen molar-refractivity contribution in [2.24, 2.45) is 9.39 Å². The molecule has 0 bridgehead atoms. The average Bonchev–Trinajstić information content (AvgIpc) is 3.28. The number of nitrogens with zero attached hydrogens (tertiary/aromatic N) is 3. The van der Waals surface area contributed by atoms with Crippen LogP contribution in [-0.2, 0) is 14.6 Å². The van der Waals surface area contributed by atoms with E-state index in [4.69, 9.17) is 14.9 Å². The SMILES string of the molecule is CCOc1cc(/C=C2/C(=N)N3C(=NC2=O)SN=C3S(=O)(=O)CC)ccc1OC(=O)c1cccc(C)c1. The number of amides is 1. The zero-order valence-corrected chi connectivity index (χ0v) is 21.3. The van der Waals surface area contributed by atoms with E-state index in [2.05, 4.69) is 9.39 Å². The number of hydrogen-bond donors (Lipinski definition) is 1. The van der Waals surface area contributed by atoms with Gasteiger partial charge in [-0.05, 0) is 49.8 Å². The average molecular weight is 527 g/mol. The summed E-state index contributed by atoms with van der Waals surface area (Å²) in [5.74, 6) is -1.35. The third-order valence-electron chi connectivity index (χ3n) is 5.19. The van der Waals surface area contributed by atoms with E-state index in [0.717, 1.165) is 22.4 Å². The molecule has 2 heterocycles. The number of ether oxygens (including phenoxy) is 2. The van der Waals surface area contributed by atoms with Crippen LogP contribution < -0.4 is 9.47 Å². The van der Waals surface area contributed by atoms with Crippen LogP contribution in [0.3, 0.4) is 0 Å². The Hall–Kier alpha value is -3.77. The molecule has 0 atom stereocenters. The van der Waals surface area contributed by atoms with E-state index in [0.29, 0.717) is 11.1 Å². The molecule has 10 nitrogen and oxygen atoms in total. The second kappa shape index (κ2) is 10.1. The Kier molecular flexibility index (Phi) is 7.09. The lowest BCUT2D eigenvalue weighted by Crippen LogP contribution is -2.45. The maximum absolute atomic E-state index is 12.6. The number of fused-ring (bicyclic) bond motifs is 1. The van der Waals surface area contributed by atoms with Crippen molar-refractivity contribution >= 4 is 55.9 Å². The summed E-state index contributed by atoms with van der Waals surface area (Å²) in [6.45, 7) is 5.40. The first-order valence-corrected chi connectivity index (χ1v) is 13.3. The molecular formula is C24H22N4O6S2. The van der Waals surface area contributed by atoms with Crippen LogP contribution in [0.5, 0.6) is 11.5 Å². The number of benzene rings is 2. The predicted octanol–water partition coefficient (Wildman–Crippen LogP) is 3.62. The Morgan fingerprint density at radius 1 is 1.17 bits per heavy atom. The van der Waals surface area contributed by atoms with E-state index < -0.39 is 21.7 Å². The molecule has 4 rings (SSSR count). The maximum Gasteiger partial charge on any atom is 0.343 e. The first kappa shape index (κ1) is 25.3. The van der Waals surface area contributed by atoms with Gasteiger partial charge >= 0.3 is 5.97 Å². The highest BCUT2D eigenvalue weighted by molar-refractivity contribution is 8.16. The summed E-state index contributed by atoms with van der Waals surface area (Å²) < 4.78 is 39.9. The number of carbonyl (C=O) groups excluding carboxylic acids is 2. The van der Waals surface area contributed by atoms with Crippen molar-refractivity contribution in [2.45, 2.75) is 20.8 Å². The first-order chi connectivity index (χ1) is 17.1. The summed E-state index contributed by atoms with van der Waals surface area (Å²) in [4.78, 5) is 30.2. The molecule has 0 radical (unpaired) electrons. The molecule has 2 aromatic carbocycles. The van der Waals surface area contributed by atoms with Gasteiger partial charge in [0, 0.05) is 0 Å². The van der Waals surface area contributed by atoms with Gasteiger partial charge in [-0.2, -0.15) is 9.39 Å². The van der Waals surface area contributed by atoms with Crippen molar-refractivity contribution in [2.75, 3.05) is 12.4 Å². The second-order valence-electron chi connectivity index (χ2n) is 7.71. The van der Waals surface area contributed by atoms with Crippen LogP contribution in [-0.4, -0.2) is 53.7 Å². The highest BCUT2D eigenvalue weighted by atomic mass is 32.2. The second-order valence-corrected chi connectivity index (χ2v) is 10.6. The van der Waals surface area contributed by atoms with Crippen LogP contribution in [0.4, 0.5) is 0 Å². The molecule has 36 heavy (non-hydrogen) atoms. The minimum atomic E-state index is -3.75. The minimum absolute atomic E-state index is 0.0163. The molecule has 1 amide bonds. The normalized spacial score (nSPS) is 16.5. The fourth-order valence-electron chi connectivity index (χ4n) is 3.39. The van der Waals surface area contributed by atoms with Gasteiger partial charge in [0.2, 0.25) is 20.2 Å². The molecule has 0 fully saturated rings. The number of carbonyl (C=O) groups is 2. The van der Waals surface area contributed by atoms with Gasteiger partial charge in [0.1, 0.15) is 5.84 Å². The molecule has 0 saturated heterocycles. The number of rotatable bonds is 6. The van der Waals surface area contributed by atoms with Crippen LogP contribution in [0.2, 0.25) is 0 Å². The molecule has 2 aliphatic heterocycles. The number of aryl methyl sites for hydroxylation is 1. The molecule has 0 unspecified atom stereocenters. The molecule has 2 aromatic rings. The zero-order valence-electron chi connectivity index (χ0n) is 19.6. The number of amidine groups is 3. The van der Waals surface area contributed by atoms with Crippen LogP contribution >= 0.6 is 11.9 Å². The molecule has 0 aromatic heterocycles. The smallest absolute Gasteiger partial charge is 0.343 e. The van der Waals surface area contributed by atoms with Crippen LogP contribution in [0, 0.1) is 12.3 Å². The number of esters is 1. The lowest BCUT2D eigenvalue weighted by atomic mass is 10.1. The Balaban J connectivity index is 1.65. The van der Waals surface area contributed by atoms with Gasteiger partial charge in [0.15, 0.2) is 11.5 Å². The Bertz CT molecular complexity index is 1480. The summed E-state index contributed by atoms with van der Waals surface area (Å²) in [6.07, 6.45) is 1.40. The molecule has 0 spiro atoms. The lowest BCUT2D eigenvalue weighted by Gasteiger charge is -2.24. The Morgan fingerprint density at radius 2 is 1.94 bits per heavy atom. The summed E-state index contributed by atoms with van der Waals surface area (Å²) in [5.41, 5.74) is 1.65. The molecular weight excluding hydrogens is 504 g/mol. The maximum atomic E-state index is 12.6. The van der Waals surface area contributed by atoms with Crippen molar-refractivity contribution in [1.29, 1.82) is 5.41 Å². The van der Waals surface area contributed by atoms with E-state index in [1.54, 1.807) is 37.3 Å². The largest absolute Gasteiger partial charge is 0.490 e. The molecule has 186 valence electrons. The van der Waals surface area contributed by atoms with E-state index in [-0.39, 0.29) is 45.6 Å². The summed E-state index contributed by atoms with van der Waals surface area (Å²) in [6, 6.07) is 11.7. The minimum Gasteiger partial charge on any atom is -0.490 e. The Morgan fingerprint density at radius 3 is 2.64 bits per heavy atom. The zero-order chi connectivity index (χ0) is 26.0. The lowest BCUT2D eigenvalue weighted by molar-refractivity contribution is -0.114. The van der Waals surface area contributed by atoms with Crippen molar-refractivity contribution in [3.8, 4) is 11.5 Å². The third-order valence-corrected chi connectivity index (χ3v) is 7.59. The predicted molar refractivity (Wildman–Crippen MR) is 138 cm³/mol. The molecule has 2 aliphatic rings. The number of hydrogen-bond acceptors (Lipinski definition) is 9. The van der Waals surface area contributed by atoms with Gasteiger partial charge in [0.25, 0.3) is 5.91 Å². The molecule has 1 N–H and O–H groups in total. The number of aliphatic imine (C=N–C) groups is 1. The van der Waals surface area contributed by atoms with Gasteiger partial charge in [-0.15, -0.1) is 0 Å². The molecule has 0 saturated carbocycles. The van der Waals surface area contributed by atoms with Gasteiger partial charge in [-0.3, -0.25) is 10.2 Å². The van der Waals surface area contributed by atoms with Crippen molar-refractivity contribution in [3.05, 3.63) is 64.7 Å². The Labute approximate surface area is 212 Å². The van der Waals surface area contributed by atoms with E-state index in [1.165, 1.54) is 19.1 Å². The van der Waals surface area contributed by atoms with Gasteiger partial charge in [-0.1, -0.05) is 30.7 Å². The fourth-order valence-corrected chi connectivity index (χ4v) is 5.36. The molecule has 12 heteroatoms. The summed E-state index contributed by atoms with van der Waals surface area (Å²) >= 11 is 0.735. The van der Waals surface area contributed by atoms with Crippen molar-refractivity contribution in [1.82, 2.24) is 4.90 Å². The van der Waals surface area contributed by atoms with E-state index in [1.807, 2.05) is 13.0 Å². The monoisotopic (exact) mass is 526 g/mol. The van der Waals surface area contributed by atoms with Crippen LogP contribution in [0.25, 0.3) is 6.08 Å². The molecule has 0 aliphatic carbocycles. The van der Waals surface area contributed by atoms with E-state index in [9.17, 15) is 18.0 Å². The standard InChI is InChI=1S/C24H22N4O6S2/c1-4-33-19-13-15(9-10-18(19)34-22(30)16-8-6-7-14(3)11-16)12-17-20(25)28-23(26-21(17)29)35-27-24(28)36(31,32)5-2/h6-13,25H,4-5H2,1-3H3/b17-12-,25-20?. The van der Waals surface area contributed by atoms with Gasteiger partial charge in [0.05, 0.1) is 35.4 Å². The highest BCUT2D eigenvalue weighted by Gasteiger charge is 2.42. The quantitative estimate of drug-likeness (QED) is 0.261. The summed E-state index contributed by atoms with van der Waals surface area (Å²) in [7, 11) is -3.75. The van der Waals surface area contributed by atoms with Gasteiger partial charge < -0.3 is 9.47 Å². The number of nitrogens with one attached hydrogen (secondary N) is 1. The summed E-state index contributed by atoms with van der Waals surface area (Å²) in [5, 5.41) is 8.21. The van der Waals surface area contributed by atoms with Crippen molar-refractivity contribution < 1.29 is 27.5 Å². The van der Waals surface area contributed by atoms with E-state index >= 15 is 0 Å². The topological polar surface area (TPSA) is 139 Å².